The molecule has 18 heavy (non-hydrogen) atoms. The highest BCUT2D eigenvalue weighted by molar-refractivity contribution is 6.31. The summed E-state index contributed by atoms with van der Waals surface area (Å²) in [6.45, 7) is 6.34. The normalized spacial score (nSPS) is 23.5. The monoisotopic (exact) mass is 265 g/mol. The van der Waals surface area contributed by atoms with E-state index in [1.54, 1.807) is 0 Å². The van der Waals surface area contributed by atoms with Gasteiger partial charge < -0.3 is 5.32 Å². The van der Waals surface area contributed by atoms with Gasteiger partial charge in [-0.15, -0.1) is 0 Å². The van der Waals surface area contributed by atoms with Crippen molar-refractivity contribution in [2.75, 3.05) is 0 Å². The van der Waals surface area contributed by atoms with Gasteiger partial charge in [-0.05, 0) is 42.9 Å². The molecule has 1 N–H and O–H groups in total. The maximum absolute atomic E-state index is 11.5. The fraction of sp³-hybridized carbons (Fsp3) is 0.533. The van der Waals surface area contributed by atoms with Crippen LogP contribution in [0.15, 0.2) is 18.2 Å². The van der Waals surface area contributed by atoms with Crippen LogP contribution in [0.1, 0.15) is 37.8 Å². The Hall–Kier alpha value is -1.02. The molecule has 1 amide bonds. The number of hydrogen-bond acceptors (Lipinski definition) is 1. The molecular formula is C15H20ClNO. The van der Waals surface area contributed by atoms with E-state index in [1.807, 2.05) is 19.1 Å². The van der Waals surface area contributed by atoms with Gasteiger partial charge in [-0.3, -0.25) is 4.79 Å². The van der Waals surface area contributed by atoms with Crippen LogP contribution in [0, 0.1) is 12.8 Å². The number of halogens is 1. The van der Waals surface area contributed by atoms with Crippen molar-refractivity contribution < 1.29 is 4.79 Å². The highest BCUT2D eigenvalue weighted by Crippen LogP contribution is 2.32. The summed E-state index contributed by atoms with van der Waals surface area (Å²) in [5.41, 5.74) is 2.19. The Balaban J connectivity index is 2.24. The fourth-order valence-corrected chi connectivity index (χ4v) is 2.82. The molecular weight excluding hydrogens is 246 g/mol. The molecule has 2 rings (SSSR count). The number of aryl methyl sites for hydroxylation is 1. The zero-order valence-electron chi connectivity index (χ0n) is 11.2. The molecule has 3 heteroatoms. The third-order valence-electron chi connectivity index (χ3n) is 4.05. The van der Waals surface area contributed by atoms with Crippen molar-refractivity contribution >= 4 is 17.5 Å². The minimum atomic E-state index is -0.102. The SMILES string of the molecule is Cc1ccc(CC2(C(C)C)CCC(=O)N2)cc1Cl. The first-order chi connectivity index (χ1) is 8.43. The Bertz CT molecular complexity index is 470. The van der Waals surface area contributed by atoms with Gasteiger partial charge in [0.25, 0.3) is 0 Å². The van der Waals surface area contributed by atoms with Gasteiger partial charge in [0.1, 0.15) is 0 Å². The molecule has 0 bridgehead atoms. The van der Waals surface area contributed by atoms with E-state index in [1.165, 1.54) is 5.56 Å². The van der Waals surface area contributed by atoms with Crippen LogP contribution in [-0.4, -0.2) is 11.4 Å². The lowest BCUT2D eigenvalue weighted by molar-refractivity contribution is -0.120. The standard InChI is InChI=1S/C15H20ClNO/c1-10(2)15(7-6-14(18)17-15)9-12-5-4-11(3)13(16)8-12/h4-5,8,10H,6-7,9H2,1-3H3,(H,17,18). The Labute approximate surface area is 114 Å². The summed E-state index contributed by atoms with van der Waals surface area (Å²) >= 11 is 6.17. The van der Waals surface area contributed by atoms with Crippen LogP contribution in [0.2, 0.25) is 5.02 Å². The average molecular weight is 266 g/mol. The summed E-state index contributed by atoms with van der Waals surface area (Å²) < 4.78 is 0. The lowest BCUT2D eigenvalue weighted by Crippen LogP contribution is -2.48. The van der Waals surface area contributed by atoms with Crippen LogP contribution in [0.25, 0.3) is 0 Å². The molecule has 1 aromatic rings. The van der Waals surface area contributed by atoms with Gasteiger partial charge in [-0.25, -0.2) is 0 Å². The Kier molecular flexibility index (Phi) is 3.67. The molecule has 1 aromatic carbocycles. The second-order valence-corrected chi connectivity index (χ2v) is 6.03. The third kappa shape index (κ3) is 2.54. The van der Waals surface area contributed by atoms with Gasteiger partial charge in [0, 0.05) is 17.0 Å². The summed E-state index contributed by atoms with van der Waals surface area (Å²) in [4.78, 5) is 11.5. The van der Waals surface area contributed by atoms with E-state index in [0.29, 0.717) is 12.3 Å². The van der Waals surface area contributed by atoms with Crippen molar-refractivity contribution in [1.29, 1.82) is 0 Å². The first-order valence-electron chi connectivity index (χ1n) is 6.49. The molecule has 1 fully saturated rings. The zero-order valence-corrected chi connectivity index (χ0v) is 12.0. The van der Waals surface area contributed by atoms with Gasteiger partial charge in [0.2, 0.25) is 5.91 Å². The maximum Gasteiger partial charge on any atom is 0.220 e. The molecule has 1 atom stereocenters. The number of amides is 1. The second-order valence-electron chi connectivity index (χ2n) is 5.62. The summed E-state index contributed by atoms with van der Waals surface area (Å²) in [5.74, 6) is 0.589. The van der Waals surface area contributed by atoms with E-state index < -0.39 is 0 Å². The van der Waals surface area contributed by atoms with Gasteiger partial charge in [0.15, 0.2) is 0 Å². The predicted octanol–water partition coefficient (Wildman–Crippen LogP) is 3.50. The number of rotatable bonds is 3. The van der Waals surface area contributed by atoms with Crippen LogP contribution in [0.5, 0.6) is 0 Å². The first kappa shape index (κ1) is 13.4. The topological polar surface area (TPSA) is 29.1 Å². The lowest BCUT2D eigenvalue weighted by atomic mass is 9.80. The summed E-state index contributed by atoms with van der Waals surface area (Å²) in [6.07, 6.45) is 2.41. The third-order valence-corrected chi connectivity index (χ3v) is 4.45. The van der Waals surface area contributed by atoms with Crippen molar-refractivity contribution in [2.45, 2.75) is 45.6 Å². The van der Waals surface area contributed by atoms with E-state index in [-0.39, 0.29) is 11.4 Å². The Morgan fingerprint density at radius 3 is 2.67 bits per heavy atom. The second kappa shape index (κ2) is 4.93. The number of carbonyl (C=O) groups is 1. The van der Waals surface area contributed by atoms with Crippen LogP contribution in [0.3, 0.4) is 0 Å². The van der Waals surface area contributed by atoms with Gasteiger partial charge in [-0.2, -0.15) is 0 Å². The van der Waals surface area contributed by atoms with Crippen molar-refractivity contribution in [3.63, 3.8) is 0 Å². The molecule has 1 unspecified atom stereocenters. The van der Waals surface area contributed by atoms with Crippen LogP contribution < -0.4 is 5.32 Å². The molecule has 0 aliphatic carbocycles. The Morgan fingerprint density at radius 1 is 1.44 bits per heavy atom. The molecule has 1 aliphatic heterocycles. The molecule has 1 saturated heterocycles. The zero-order chi connectivity index (χ0) is 13.3. The summed E-state index contributed by atoms with van der Waals surface area (Å²) in [7, 11) is 0. The molecule has 0 aromatic heterocycles. The number of benzene rings is 1. The van der Waals surface area contributed by atoms with E-state index in [4.69, 9.17) is 11.6 Å². The predicted molar refractivity (Wildman–Crippen MR) is 74.8 cm³/mol. The lowest BCUT2D eigenvalue weighted by Gasteiger charge is -2.33. The van der Waals surface area contributed by atoms with Gasteiger partial charge in [0.05, 0.1) is 0 Å². The van der Waals surface area contributed by atoms with Crippen LogP contribution in [-0.2, 0) is 11.2 Å². The van der Waals surface area contributed by atoms with E-state index in [9.17, 15) is 4.79 Å². The van der Waals surface area contributed by atoms with Gasteiger partial charge >= 0.3 is 0 Å². The molecule has 1 heterocycles. The molecule has 1 aliphatic rings. The average Bonchev–Trinajstić information content (AvgIpc) is 2.67. The number of hydrogen-bond donors (Lipinski definition) is 1. The minimum Gasteiger partial charge on any atom is -0.350 e. The maximum atomic E-state index is 11.5. The fourth-order valence-electron chi connectivity index (χ4n) is 2.62. The number of carbonyl (C=O) groups excluding carboxylic acids is 1. The van der Waals surface area contributed by atoms with Crippen LogP contribution in [0.4, 0.5) is 0 Å². The van der Waals surface area contributed by atoms with Gasteiger partial charge in [-0.1, -0.05) is 37.6 Å². The molecule has 0 saturated carbocycles. The number of nitrogens with one attached hydrogen (secondary N) is 1. The largest absolute Gasteiger partial charge is 0.350 e. The Morgan fingerprint density at radius 2 is 2.17 bits per heavy atom. The van der Waals surface area contributed by atoms with Crippen molar-refractivity contribution in [2.24, 2.45) is 5.92 Å². The smallest absolute Gasteiger partial charge is 0.220 e. The molecule has 98 valence electrons. The highest BCUT2D eigenvalue weighted by Gasteiger charge is 2.40. The van der Waals surface area contributed by atoms with E-state index in [2.05, 4.69) is 25.2 Å². The molecule has 0 spiro atoms. The minimum absolute atomic E-state index is 0.102. The summed E-state index contributed by atoms with van der Waals surface area (Å²) in [5, 5.41) is 3.97. The van der Waals surface area contributed by atoms with E-state index in [0.717, 1.165) is 23.4 Å². The van der Waals surface area contributed by atoms with Crippen molar-refractivity contribution in [3.8, 4) is 0 Å². The van der Waals surface area contributed by atoms with Crippen molar-refractivity contribution in [1.82, 2.24) is 5.32 Å². The summed E-state index contributed by atoms with van der Waals surface area (Å²) in [6, 6.07) is 6.17. The van der Waals surface area contributed by atoms with E-state index >= 15 is 0 Å². The highest BCUT2D eigenvalue weighted by atomic mass is 35.5. The van der Waals surface area contributed by atoms with Crippen LogP contribution >= 0.6 is 11.6 Å². The molecule has 2 nitrogen and oxygen atoms in total. The molecule has 0 radical (unpaired) electrons. The quantitative estimate of drug-likeness (QED) is 0.891. The first-order valence-corrected chi connectivity index (χ1v) is 6.87. The van der Waals surface area contributed by atoms with Crippen molar-refractivity contribution in [3.05, 3.63) is 34.3 Å².